The highest BCUT2D eigenvalue weighted by Gasteiger charge is 2.25. The Labute approximate surface area is 219 Å². The van der Waals surface area contributed by atoms with E-state index in [1.165, 1.54) is 32.7 Å². The highest BCUT2D eigenvalue weighted by atomic mass is 19.1. The molecule has 1 aliphatic rings. The van der Waals surface area contributed by atoms with E-state index in [0.29, 0.717) is 29.3 Å². The lowest BCUT2D eigenvalue weighted by Gasteiger charge is -2.15. The Morgan fingerprint density at radius 2 is 1.82 bits per heavy atom. The summed E-state index contributed by atoms with van der Waals surface area (Å²) in [6.45, 7) is 4.36. The van der Waals surface area contributed by atoms with Gasteiger partial charge in [0.2, 0.25) is 11.7 Å². The fourth-order valence-electron chi connectivity index (χ4n) is 4.31. The van der Waals surface area contributed by atoms with Gasteiger partial charge in [0.05, 0.1) is 27.0 Å². The molecule has 1 aromatic heterocycles. The number of allylic oxidation sites excluding steroid dienone is 2. The lowest BCUT2D eigenvalue weighted by atomic mass is 10.00. The second-order valence-corrected chi connectivity index (χ2v) is 8.56. The van der Waals surface area contributed by atoms with E-state index in [1.54, 1.807) is 31.3 Å². The van der Waals surface area contributed by atoms with E-state index in [0.717, 1.165) is 27.8 Å². The summed E-state index contributed by atoms with van der Waals surface area (Å²) < 4.78 is 30.6. The molecule has 2 amide bonds. The maximum atomic E-state index is 14.2. The predicted molar refractivity (Wildman–Crippen MR) is 141 cm³/mol. The van der Waals surface area contributed by atoms with Crippen LogP contribution in [-0.2, 0) is 11.2 Å². The number of hydrogen-bond acceptors (Lipinski definition) is 6. The van der Waals surface area contributed by atoms with E-state index < -0.39 is 6.09 Å². The Kier molecular flexibility index (Phi) is 8.10. The number of nitrogens with one attached hydrogen (secondary N) is 3. The van der Waals surface area contributed by atoms with Gasteiger partial charge in [-0.05, 0) is 77.6 Å². The number of carbonyl (C=O) groups is 2. The van der Waals surface area contributed by atoms with Gasteiger partial charge in [-0.15, -0.1) is 0 Å². The zero-order chi connectivity index (χ0) is 27.2. The van der Waals surface area contributed by atoms with Crippen LogP contribution in [0.2, 0.25) is 0 Å². The Hall–Kier alpha value is -4.60. The second kappa shape index (κ2) is 11.6. The molecule has 4 rings (SSSR count). The molecule has 0 fully saturated rings. The van der Waals surface area contributed by atoms with Crippen molar-refractivity contribution in [3.05, 3.63) is 76.6 Å². The van der Waals surface area contributed by atoms with Gasteiger partial charge >= 0.3 is 6.09 Å². The minimum atomic E-state index is -0.625. The number of aromatic nitrogens is 2. The second-order valence-electron chi connectivity index (χ2n) is 8.56. The van der Waals surface area contributed by atoms with E-state index in [9.17, 15) is 14.0 Å². The first-order valence-corrected chi connectivity index (χ1v) is 12.0. The normalized spacial score (nSPS) is 13.3. The Balaban J connectivity index is 1.68. The average molecular weight is 521 g/mol. The number of H-pyrrole nitrogens is 1. The van der Waals surface area contributed by atoms with Crippen LogP contribution in [0.4, 0.5) is 9.18 Å². The minimum absolute atomic E-state index is 0.157. The van der Waals surface area contributed by atoms with Crippen LogP contribution >= 0.6 is 0 Å². The number of amides is 2. The molecule has 38 heavy (non-hydrogen) atoms. The lowest BCUT2D eigenvalue weighted by molar-refractivity contribution is -0.120. The molecule has 0 radical (unpaired) electrons. The van der Waals surface area contributed by atoms with Crippen LogP contribution in [0.25, 0.3) is 17.2 Å². The van der Waals surface area contributed by atoms with Crippen molar-refractivity contribution in [2.24, 2.45) is 0 Å². The van der Waals surface area contributed by atoms with Crippen molar-refractivity contribution in [2.45, 2.75) is 20.3 Å². The first-order chi connectivity index (χ1) is 18.3. The fraction of sp³-hybridized carbons (Fsp3) is 0.250. The van der Waals surface area contributed by atoms with Crippen molar-refractivity contribution < 1.29 is 28.2 Å². The quantitative estimate of drug-likeness (QED) is 0.386. The van der Waals surface area contributed by atoms with Crippen LogP contribution in [0.15, 0.2) is 48.4 Å². The third-order valence-electron chi connectivity index (χ3n) is 6.13. The van der Waals surface area contributed by atoms with Crippen LogP contribution in [0, 0.1) is 5.82 Å². The van der Waals surface area contributed by atoms with Gasteiger partial charge in [-0.1, -0.05) is 6.07 Å². The Morgan fingerprint density at radius 3 is 2.45 bits per heavy atom. The molecule has 1 heterocycles. The molecule has 10 heteroatoms. The number of fused-ring (bicyclic) bond motifs is 1. The van der Waals surface area contributed by atoms with Crippen molar-refractivity contribution in [3.8, 4) is 17.2 Å². The van der Waals surface area contributed by atoms with Gasteiger partial charge in [0.1, 0.15) is 5.82 Å². The third kappa shape index (κ3) is 5.69. The SMILES string of the molecule is CCNC(=O)Oc1c(OC)cc(/C=C2/C(C)=C(CNC(=O)Cc3cnc[nH]3)c3cc(F)ccc32)cc1OC. The van der Waals surface area contributed by atoms with Gasteiger partial charge in [-0.2, -0.15) is 0 Å². The van der Waals surface area contributed by atoms with E-state index in [2.05, 4.69) is 20.6 Å². The van der Waals surface area contributed by atoms with E-state index in [1.807, 2.05) is 13.0 Å². The number of imidazole rings is 1. The molecule has 2 aromatic carbocycles. The van der Waals surface area contributed by atoms with Gasteiger partial charge in [0.25, 0.3) is 0 Å². The zero-order valence-corrected chi connectivity index (χ0v) is 21.6. The predicted octanol–water partition coefficient (Wildman–Crippen LogP) is 4.36. The number of rotatable bonds is 9. The molecule has 1 aliphatic carbocycles. The molecule has 9 nitrogen and oxygen atoms in total. The number of benzene rings is 2. The number of ether oxygens (including phenoxy) is 3. The summed E-state index contributed by atoms with van der Waals surface area (Å²) in [4.78, 5) is 31.3. The standard InChI is InChI=1S/C28H29FN4O5/c1-5-31-28(35)38-27-24(36-3)9-17(10-25(27)37-4)8-21-16(2)23(22-11-18(29)6-7-20(21)22)14-32-26(34)12-19-13-30-15-33-19/h6-11,13,15H,5,12,14H2,1-4H3,(H,30,33)(H,31,35)(H,32,34)/b21-8-. The molecule has 3 aromatic rings. The van der Waals surface area contributed by atoms with E-state index in [-0.39, 0.29) is 30.4 Å². The van der Waals surface area contributed by atoms with Gasteiger partial charge in [-0.3, -0.25) is 4.79 Å². The monoisotopic (exact) mass is 520 g/mol. The molecule has 0 spiro atoms. The highest BCUT2D eigenvalue weighted by molar-refractivity contribution is 6.06. The smallest absolute Gasteiger partial charge is 0.412 e. The molecule has 0 atom stereocenters. The van der Waals surface area contributed by atoms with Gasteiger partial charge in [0, 0.05) is 25.0 Å². The summed E-state index contributed by atoms with van der Waals surface area (Å²) in [5.74, 6) is 0.238. The number of aromatic amines is 1. The van der Waals surface area contributed by atoms with Gasteiger partial charge < -0.3 is 29.8 Å². The van der Waals surface area contributed by atoms with E-state index >= 15 is 0 Å². The molecule has 0 saturated heterocycles. The number of nitrogens with zero attached hydrogens (tertiary/aromatic N) is 1. The summed E-state index contributed by atoms with van der Waals surface area (Å²) in [7, 11) is 2.94. The number of halogens is 1. The van der Waals surface area contributed by atoms with Crippen LogP contribution in [0.1, 0.15) is 36.2 Å². The van der Waals surface area contributed by atoms with Gasteiger partial charge in [-0.25, -0.2) is 14.2 Å². The van der Waals surface area contributed by atoms with Crippen molar-refractivity contribution in [1.29, 1.82) is 0 Å². The van der Waals surface area contributed by atoms with Crippen LogP contribution < -0.4 is 24.8 Å². The Morgan fingerprint density at radius 1 is 1.08 bits per heavy atom. The van der Waals surface area contributed by atoms with Crippen molar-refractivity contribution in [3.63, 3.8) is 0 Å². The topological polar surface area (TPSA) is 115 Å². The molecule has 0 unspecified atom stereocenters. The van der Waals surface area contributed by atoms with Crippen LogP contribution in [-0.4, -0.2) is 49.3 Å². The first kappa shape index (κ1) is 26.5. The van der Waals surface area contributed by atoms with Gasteiger partial charge in [0.15, 0.2) is 11.5 Å². The van der Waals surface area contributed by atoms with Crippen LogP contribution in [0.5, 0.6) is 17.2 Å². The van der Waals surface area contributed by atoms with Crippen molar-refractivity contribution >= 4 is 29.2 Å². The number of hydrogen-bond donors (Lipinski definition) is 3. The Bertz CT molecular complexity index is 1390. The van der Waals surface area contributed by atoms with Crippen molar-refractivity contribution in [2.75, 3.05) is 27.3 Å². The number of methoxy groups -OCH3 is 2. The summed E-state index contributed by atoms with van der Waals surface area (Å²) in [5, 5.41) is 5.49. The first-order valence-electron chi connectivity index (χ1n) is 12.0. The van der Waals surface area contributed by atoms with Crippen molar-refractivity contribution in [1.82, 2.24) is 20.6 Å². The largest absolute Gasteiger partial charge is 0.493 e. The summed E-state index contributed by atoms with van der Waals surface area (Å²) in [6, 6.07) is 8.06. The molecule has 0 bridgehead atoms. The fourth-order valence-corrected chi connectivity index (χ4v) is 4.31. The lowest BCUT2D eigenvalue weighted by Crippen LogP contribution is -2.27. The highest BCUT2D eigenvalue weighted by Crippen LogP contribution is 2.44. The molecule has 0 aliphatic heterocycles. The molecule has 3 N–H and O–H groups in total. The summed E-state index contributed by atoms with van der Waals surface area (Å²) in [5.41, 5.74) is 5.55. The summed E-state index contributed by atoms with van der Waals surface area (Å²) >= 11 is 0. The average Bonchev–Trinajstić information content (AvgIpc) is 3.49. The summed E-state index contributed by atoms with van der Waals surface area (Å²) in [6.07, 6.45) is 4.58. The maximum Gasteiger partial charge on any atom is 0.412 e. The minimum Gasteiger partial charge on any atom is -0.493 e. The molecule has 198 valence electrons. The van der Waals surface area contributed by atoms with Crippen LogP contribution in [0.3, 0.4) is 0 Å². The molecular weight excluding hydrogens is 491 g/mol. The van der Waals surface area contributed by atoms with E-state index in [4.69, 9.17) is 14.2 Å². The maximum absolute atomic E-state index is 14.2. The molecular formula is C28H29FN4O5. The zero-order valence-electron chi connectivity index (χ0n) is 21.6. The molecule has 0 saturated carbocycles. The number of carbonyl (C=O) groups excluding carboxylic acids is 2. The third-order valence-corrected chi connectivity index (χ3v) is 6.13.